The second kappa shape index (κ2) is 4.14. The van der Waals surface area contributed by atoms with Crippen LogP contribution in [-0.2, 0) is 0 Å². The highest BCUT2D eigenvalue weighted by Gasteiger charge is 2.29. The molecule has 0 saturated carbocycles. The Kier molecular flexibility index (Phi) is 2.65. The normalized spacial score (nSPS) is 31.3. The predicted molar refractivity (Wildman–Crippen MR) is 58.9 cm³/mol. The Morgan fingerprint density at radius 3 is 3.00 bits per heavy atom. The first-order valence-electron chi connectivity index (χ1n) is 6.12. The summed E-state index contributed by atoms with van der Waals surface area (Å²) in [5.74, 6) is 1.64. The largest absolute Gasteiger partial charge is 0.338 e. The van der Waals surface area contributed by atoms with Gasteiger partial charge in [0.15, 0.2) is 5.82 Å². The topological polar surface area (TPSA) is 54.2 Å². The molecule has 2 aliphatic heterocycles. The highest BCUT2D eigenvalue weighted by molar-refractivity contribution is 5.01. The van der Waals surface area contributed by atoms with Gasteiger partial charge >= 0.3 is 0 Å². The summed E-state index contributed by atoms with van der Waals surface area (Å²) in [6.07, 6.45) is 4.69. The summed E-state index contributed by atoms with van der Waals surface area (Å²) in [4.78, 5) is 6.83. The first kappa shape index (κ1) is 10.2. The first-order valence-corrected chi connectivity index (χ1v) is 6.12. The van der Waals surface area contributed by atoms with Gasteiger partial charge < -0.3 is 9.84 Å². The Morgan fingerprint density at radius 2 is 2.31 bits per heavy atom. The molecule has 0 radical (unpaired) electrons. The van der Waals surface area contributed by atoms with Crippen molar-refractivity contribution < 1.29 is 4.52 Å². The van der Waals surface area contributed by atoms with E-state index in [9.17, 15) is 0 Å². The Hall–Kier alpha value is -0.940. The maximum atomic E-state index is 5.39. The van der Waals surface area contributed by atoms with Crippen LogP contribution in [0.2, 0.25) is 0 Å². The van der Waals surface area contributed by atoms with Crippen LogP contribution in [0.25, 0.3) is 0 Å². The number of nitrogens with zero attached hydrogens (tertiary/aromatic N) is 3. The maximum absolute atomic E-state index is 5.39. The number of nitrogens with one attached hydrogen (secondary N) is 1. The molecule has 0 aromatic carbocycles. The molecule has 1 N–H and O–H groups in total. The highest BCUT2D eigenvalue weighted by atomic mass is 16.5. The van der Waals surface area contributed by atoms with Crippen molar-refractivity contribution in [2.75, 3.05) is 20.1 Å². The van der Waals surface area contributed by atoms with Crippen LogP contribution in [0.4, 0.5) is 0 Å². The van der Waals surface area contributed by atoms with Crippen LogP contribution in [0.15, 0.2) is 4.52 Å². The van der Waals surface area contributed by atoms with Crippen LogP contribution in [0.3, 0.4) is 0 Å². The molecule has 16 heavy (non-hydrogen) atoms. The first-order chi connectivity index (χ1) is 7.84. The average molecular weight is 222 g/mol. The molecular weight excluding hydrogens is 204 g/mol. The van der Waals surface area contributed by atoms with E-state index in [4.69, 9.17) is 4.52 Å². The van der Waals surface area contributed by atoms with Crippen molar-refractivity contribution in [3.63, 3.8) is 0 Å². The van der Waals surface area contributed by atoms with Crippen molar-refractivity contribution >= 4 is 0 Å². The summed E-state index contributed by atoms with van der Waals surface area (Å²) >= 11 is 0. The second-order valence-corrected chi connectivity index (χ2v) is 4.78. The lowest BCUT2D eigenvalue weighted by Gasteiger charge is -2.14. The van der Waals surface area contributed by atoms with Gasteiger partial charge in [-0.3, -0.25) is 4.90 Å². The summed E-state index contributed by atoms with van der Waals surface area (Å²) in [7, 11) is 2.12. The van der Waals surface area contributed by atoms with Gasteiger partial charge in [-0.25, -0.2) is 0 Å². The van der Waals surface area contributed by atoms with E-state index >= 15 is 0 Å². The molecular formula is C11H18N4O. The molecule has 2 atom stereocenters. The quantitative estimate of drug-likeness (QED) is 0.816. The Labute approximate surface area is 95.2 Å². The zero-order valence-electron chi connectivity index (χ0n) is 9.65. The van der Waals surface area contributed by atoms with Crippen molar-refractivity contribution in [1.29, 1.82) is 0 Å². The lowest BCUT2D eigenvalue weighted by atomic mass is 10.2. The third kappa shape index (κ3) is 1.74. The molecule has 5 nitrogen and oxygen atoms in total. The number of hydrogen-bond acceptors (Lipinski definition) is 5. The number of aromatic nitrogens is 2. The van der Waals surface area contributed by atoms with Gasteiger partial charge in [0.25, 0.3) is 0 Å². The van der Waals surface area contributed by atoms with E-state index in [0.29, 0.717) is 12.1 Å². The lowest BCUT2D eigenvalue weighted by Crippen LogP contribution is -2.18. The van der Waals surface area contributed by atoms with E-state index < -0.39 is 0 Å². The van der Waals surface area contributed by atoms with Crippen LogP contribution < -0.4 is 5.32 Å². The van der Waals surface area contributed by atoms with Crippen LogP contribution in [0.1, 0.15) is 49.5 Å². The summed E-state index contributed by atoms with van der Waals surface area (Å²) in [5.41, 5.74) is 0. The highest BCUT2D eigenvalue weighted by Crippen LogP contribution is 2.30. The molecule has 0 bridgehead atoms. The van der Waals surface area contributed by atoms with Gasteiger partial charge in [0, 0.05) is 0 Å². The van der Waals surface area contributed by atoms with Gasteiger partial charge in [-0.05, 0) is 45.8 Å². The standard InChI is InChI=1S/C11H18N4O/c1-15-7-3-5-9(15)11-13-10(14-16-11)8-4-2-6-12-8/h8-9,12H,2-7H2,1H3. The molecule has 3 rings (SSSR count). The Morgan fingerprint density at radius 1 is 1.38 bits per heavy atom. The summed E-state index contributed by atoms with van der Waals surface area (Å²) in [6, 6.07) is 0.645. The van der Waals surface area contributed by atoms with Crippen molar-refractivity contribution in [1.82, 2.24) is 20.4 Å². The van der Waals surface area contributed by atoms with E-state index in [1.165, 1.54) is 12.8 Å². The number of hydrogen-bond donors (Lipinski definition) is 1. The van der Waals surface area contributed by atoms with Gasteiger partial charge in [0.1, 0.15) is 0 Å². The Balaban J connectivity index is 1.76. The molecule has 0 amide bonds. The fraction of sp³-hybridized carbons (Fsp3) is 0.818. The smallest absolute Gasteiger partial charge is 0.244 e. The van der Waals surface area contributed by atoms with E-state index in [2.05, 4.69) is 27.4 Å². The molecule has 0 aliphatic carbocycles. The SMILES string of the molecule is CN1CCCC1c1nc(C2CCCN2)no1. The molecule has 1 aromatic heterocycles. The van der Waals surface area contributed by atoms with Crippen molar-refractivity contribution in [3.05, 3.63) is 11.7 Å². The van der Waals surface area contributed by atoms with Crippen molar-refractivity contribution in [2.24, 2.45) is 0 Å². The molecule has 5 heteroatoms. The van der Waals surface area contributed by atoms with E-state index in [1.54, 1.807) is 0 Å². The van der Waals surface area contributed by atoms with Gasteiger partial charge in [0.2, 0.25) is 5.89 Å². The van der Waals surface area contributed by atoms with Gasteiger partial charge in [-0.1, -0.05) is 5.16 Å². The molecule has 2 unspecified atom stereocenters. The molecule has 2 aliphatic rings. The van der Waals surface area contributed by atoms with Crippen LogP contribution in [0.5, 0.6) is 0 Å². The predicted octanol–water partition coefficient (Wildman–Crippen LogP) is 1.26. The minimum atomic E-state index is 0.309. The molecule has 88 valence electrons. The zero-order valence-corrected chi connectivity index (χ0v) is 9.65. The van der Waals surface area contributed by atoms with Crippen molar-refractivity contribution in [2.45, 2.75) is 37.8 Å². The van der Waals surface area contributed by atoms with Crippen LogP contribution in [0, 0.1) is 0 Å². The van der Waals surface area contributed by atoms with E-state index in [-0.39, 0.29) is 0 Å². The van der Waals surface area contributed by atoms with Crippen LogP contribution in [-0.4, -0.2) is 35.2 Å². The average Bonchev–Trinajstić information content (AvgIpc) is 2.96. The third-order valence-electron chi connectivity index (χ3n) is 3.63. The molecule has 1 aromatic rings. The number of likely N-dealkylation sites (tertiary alicyclic amines) is 1. The minimum Gasteiger partial charge on any atom is -0.338 e. The number of rotatable bonds is 2. The van der Waals surface area contributed by atoms with E-state index in [1.807, 2.05) is 0 Å². The summed E-state index contributed by atoms with van der Waals surface area (Å²) < 4.78 is 5.39. The molecule has 3 heterocycles. The van der Waals surface area contributed by atoms with Gasteiger partial charge in [-0.15, -0.1) is 0 Å². The van der Waals surface area contributed by atoms with E-state index in [0.717, 1.165) is 37.6 Å². The summed E-state index contributed by atoms with van der Waals surface area (Å²) in [5, 5.41) is 7.49. The zero-order chi connectivity index (χ0) is 11.0. The van der Waals surface area contributed by atoms with Gasteiger partial charge in [-0.2, -0.15) is 4.98 Å². The molecule has 2 fully saturated rings. The second-order valence-electron chi connectivity index (χ2n) is 4.78. The fourth-order valence-corrected chi connectivity index (χ4v) is 2.65. The minimum absolute atomic E-state index is 0.309. The van der Waals surface area contributed by atoms with Crippen molar-refractivity contribution in [3.8, 4) is 0 Å². The molecule has 2 saturated heterocycles. The monoisotopic (exact) mass is 222 g/mol. The third-order valence-corrected chi connectivity index (χ3v) is 3.63. The molecule has 0 spiro atoms. The Bertz CT molecular complexity index is 359. The summed E-state index contributed by atoms with van der Waals surface area (Å²) in [6.45, 7) is 2.20. The van der Waals surface area contributed by atoms with Gasteiger partial charge in [0.05, 0.1) is 12.1 Å². The maximum Gasteiger partial charge on any atom is 0.244 e. The fourth-order valence-electron chi connectivity index (χ4n) is 2.65. The van der Waals surface area contributed by atoms with Crippen LogP contribution >= 0.6 is 0 Å². The lowest BCUT2D eigenvalue weighted by molar-refractivity contribution is 0.244.